The number of hydrogen-bond donors (Lipinski definition) is 1. The number of benzene rings is 2. The predicted molar refractivity (Wildman–Crippen MR) is 135 cm³/mol. The number of fused-ring (bicyclic) bond motifs is 1. The summed E-state index contributed by atoms with van der Waals surface area (Å²) < 4.78 is 7.45. The van der Waals surface area contributed by atoms with Gasteiger partial charge in [-0.05, 0) is 68.1 Å². The van der Waals surface area contributed by atoms with Gasteiger partial charge in [-0.2, -0.15) is 0 Å². The Morgan fingerprint density at radius 3 is 2.57 bits per heavy atom. The van der Waals surface area contributed by atoms with Crippen LogP contribution in [-0.4, -0.2) is 33.4 Å². The number of hydrogen-bond acceptors (Lipinski definition) is 5. The number of nitrogens with zero attached hydrogens (tertiary/aromatic N) is 4. The van der Waals surface area contributed by atoms with Crippen LogP contribution in [0.2, 0.25) is 0 Å². The van der Waals surface area contributed by atoms with E-state index in [0.29, 0.717) is 35.2 Å². The number of carbonyl (C=O) groups excluding carboxylic acids is 2. The second-order valence-electron chi connectivity index (χ2n) is 9.16. The third-order valence-corrected chi connectivity index (χ3v) is 5.81. The van der Waals surface area contributed by atoms with Crippen molar-refractivity contribution in [2.45, 2.75) is 46.7 Å². The summed E-state index contributed by atoms with van der Waals surface area (Å²) in [6.07, 6.45) is 0.832. The largest absolute Gasteiger partial charge is 0.464 e. The first-order valence-corrected chi connectivity index (χ1v) is 11.8. The molecule has 0 fully saturated rings. The van der Waals surface area contributed by atoms with Crippen LogP contribution < -0.4 is 10.2 Å². The summed E-state index contributed by atoms with van der Waals surface area (Å²) in [4.78, 5) is 28.9. The van der Waals surface area contributed by atoms with E-state index in [4.69, 9.17) is 4.42 Å². The molecule has 35 heavy (non-hydrogen) atoms. The summed E-state index contributed by atoms with van der Waals surface area (Å²) in [6.45, 7) is 8.40. The molecule has 8 heteroatoms. The quantitative estimate of drug-likeness (QED) is 0.384. The van der Waals surface area contributed by atoms with E-state index in [-0.39, 0.29) is 18.4 Å². The summed E-state index contributed by atoms with van der Waals surface area (Å²) in [5.41, 5.74) is 3.03. The van der Waals surface area contributed by atoms with Crippen molar-refractivity contribution in [3.8, 4) is 0 Å². The fraction of sp³-hybridized carbons (Fsp3) is 0.333. The van der Waals surface area contributed by atoms with Gasteiger partial charge >= 0.3 is 0 Å². The molecule has 0 radical (unpaired) electrons. The lowest BCUT2D eigenvalue weighted by Gasteiger charge is -2.30. The van der Waals surface area contributed by atoms with Gasteiger partial charge in [0.15, 0.2) is 6.04 Å². The number of aromatic nitrogens is 3. The van der Waals surface area contributed by atoms with Crippen LogP contribution in [0.1, 0.15) is 43.4 Å². The molecule has 2 aromatic heterocycles. The molecule has 1 atom stereocenters. The van der Waals surface area contributed by atoms with Gasteiger partial charge in [-0.1, -0.05) is 43.3 Å². The average molecular weight is 474 g/mol. The molecule has 8 nitrogen and oxygen atoms in total. The number of furan rings is 1. The van der Waals surface area contributed by atoms with Gasteiger partial charge in [0.25, 0.3) is 5.91 Å². The maximum absolute atomic E-state index is 13.9. The van der Waals surface area contributed by atoms with Crippen LogP contribution in [0.5, 0.6) is 0 Å². The normalized spacial score (nSPS) is 12.1. The first-order chi connectivity index (χ1) is 16.8. The average Bonchev–Trinajstić information content (AvgIpc) is 3.43. The van der Waals surface area contributed by atoms with E-state index in [1.165, 1.54) is 4.90 Å². The SMILES string of the molecule is Cc1cccc(N(C(=O)Cn2nnc3ccccc32)[C@@H](C(=O)NCCC(C)C)c2ccc(C)o2)c1. The topological polar surface area (TPSA) is 93.3 Å². The highest BCUT2D eigenvalue weighted by atomic mass is 16.3. The molecule has 2 amide bonds. The molecule has 0 bridgehead atoms. The van der Waals surface area contributed by atoms with E-state index in [2.05, 4.69) is 29.5 Å². The Balaban J connectivity index is 1.74. The molecule has 0 spiro atoms. The molecular weight excluding hydrogens is 442 g/mol. The van der Waals surface area contributed by atoms with E-state index in [9.17, 15) is 9.59 Å². The highest BCUT2D eigenvalue weighted by Crippen LogP contribution is 2.30. The summed E-state index contributed by atoms with van der Waals surface area (Å²) in [6, 6.07) is 17.6. The minimum absolute atomic E-state index is 0.0794. The van der Waals surface area contributed by atoms with Gasteiger partial charge in [0, 0.05) is 12.2 Å². The minimum Gasteiger partial charge on any atom is -0.464 e. The number of para-hydroxylation sites is 1. The Kier molecular flexibility index (Phi) is 7.29. The third-order valence-electron chi connectivity index (χ3n) is 5.81. The number of nitrogens with one attached hydrogen (secondary N) is 1. The second-order valence-corrected chi connectivity index (χ2v) is 9.16. The lowest BCUT2D eigenvalue weighted by atomic mass is 10.1. The van der Waals surface area contributed by atoms with Crippen LogP contribution in [0.15, 0.2) is 65.1 Å². The highest BCUT2D eigenvalue weighted by molar-refractivity contribution is 6.01. The first-order valence-electron chi connectivity index (χ1n) is 11.8. The van der Waals surface area contributed by atoms with Gasteiger partial charge < -0.3 is 9.73 Å². The highest BCUT2D eigenvalue weighted by Gasteiger charge is 2.35. The van der Waals surface area contributed by atoms with E-state index in [1.54, 1.807) is 16.8 Å². The lowest BCUT2D eigenvalue weighted by molar-refractivity contribution is -0.127. The Labute approximate surface area is 204 Å². The zero-order chi connectivity index (χ0) is 24.9. The van der Waals surface area contributed by atoms with Crippen molar-refractivity contribution < 1.29 is 14.0 Å². The van der Waals surface area contributed by atoms with Crippen molar-refractivity contribution in [1.82, 2.24) is 20.3 Å². The molecule has 0 aliphatic heterocycles. The van der Waals surface area contributed by atoms with Crippen molar-refractivity contribution in [1.29, 1.82) is 0 Å². The number of rotatable bonds is 9. The van der Waals surface area contributed by atoms with Crippen LogP contribution >= 0.6 is 0 Å². The zero-order valence-corrected chi connectivity index (χ0v) is 20.6. The molecule has 0 saturated heterocycles. The number of carbonyl (C=O) groups is 2. The van der Waals surface area contributed by atoms with Gasteiger partial charge in [0.2, 0.25) is 5.91 Å². The maximum Gasteiger partial charge on any atom is 0.251 e. The Morgan fingerprint density at radius 2 is 1.86 bits per heavy atom. The summed E-state index contributed by atoms with van der Waals surface area (Å²) >= 11 is 0. The first kappa shape index (κ1) is 24.2. The van der Waals surface area contributed by atoms with Gasteiger partial charge in [-0.3, -0.25) is 14.5 Å². The third kappa shape index (κ3) is 5.59. The van der Waals surface area contributed by atoms with Gasteiger partial charge in [0.1, 0.15) is 23.6 Å². The van der Waals surface area contributed by atoms with E-state index >= 15 is 0 Å². The summed E-state index contributed by atoms with van der Waals surface area (Å²) in [5.74, 6) is 0.916. The molecule has 1 N–H and O–H groups in total. The van der Waals surface area contributed by atoms with Gasteiger partial charge in [-0.15, -0.1) is 5.10 Å². The molecule has 4 aromatic rings. The molecule has 0 unspecified atom stereocenters. The second kappa shape index (κ2) is 10.5. The van der Waals surface area contributed by atoms with Gasteiger partial charge in [-0.25, -0.2) is 4.68 Å². The number of aryl methyl sites for hydroxylation is 2. The smallest absolute Gasteiger partial charge is 0.251 e. The maximum atomic E-state index is 13.9. The molecule has 0 aliphatic carbocycles. The standard InChI is InChI=1S/C27H31N5O3/c1-18(2)14-15-28-27(34)26(24-13-12-20(4)35-24)32(21-9-7-8-19(3)16-21)25(33)17-31-23-11-6-5-10-22(23)29-30-31/h5-13,16,18,26H,14-15,17H2,1-4H3,(H,28,34)/t26-/m1/s1. The summed E-state index contributed by atoms with van der Waals surface area (Å²) in [7, 11) is 0. The van der Waals surface area contributed by atoms with Crippen LogP contribution in [0.4, 0.5) is 5.69 Å². The van der Waals surface area contributed by atoms with E-state index in [1.807, 2.05) is 62.4 Å². The molecule has 0 saturated carbocycles. The fourth-order valence-corrected chi connectivity index (χ4v) is 4.01. The zero-order valence-electron chi connectivity index (χ0n) is 20.6. The van der Waals surface area contributed by atoms with Crippen LogP contribution in [-0.2, 0) is 16.1 Å². The Bertz CT molecular complexity index is 1320. The van der Waals surface area contributed by atoms with Crippen LogP contribution in [0.3, 0.4) is 0 Å². The monoisotopic (exact) mass is 473 g/mol. The fourth-order valence-electron chi connectivity index (χ4n) is 4.01. The minimum atomic E-state index is -0.972. The molecule has 2 heterocycles. The predicted octanol–water partition coefficient (Wildman–Crippen LogP) is 4.58. The number of amides is 2. The summed E-state index contributed by atoms with van der Waals surface area (Å²) in [5, 5.41) is 11.3. The van der Waals surface area contributed by atoms with Crippen molar-refractivity contribution in [3.05, 3.63) is 77.7 Å². The van der Waals surface area contributed by atoms with E-state index in [0.717, 1.165) is 17.5 Å². The van der Waals surface area contributed by atoms with Gasteiger partial charge in [0.05, 0.1) is 5.52 Å². The molecule has 182 valence electrons. The Hall–Kier alpha value is -3.94. The molecule has 4 rings (SSSR count). The van der Waals surface area contributed by atoms with Crippen molar-refractivity contribution >= 4 is 28.5 Å². The van der Waals surface area contributed by atoms with E-state index < -0.39 is 6.04 Å². The Morgan fingerprint density at radius 1 is 1.06 bits per heavy atom. The van der Waals surface area contributed by atoms with Crippen molar-refractivity contribution in [2.75, 3.05) is 11.4 Å². The molecule has 0 aliphatic rings. The van der Waals surface area contributed by atoms with Crippen molar-refractivity contribution in [2.24, 2.45) is 5.92 Å². The number of anilines is 1. The lowest BCUT2D eigenvalue weighted by Crippen LogP contribution is -2.45. The van der Waals surface area contributed by atoms with Crippen LogP contribution in [0.25, 0.3) is 11.0 Å². The van der Waals surface area contributed by atoms with Crippen LogP contribution in [0, 0.1) is 19.8 Å². The molecular formula is C27H31N5O3. The van der Waals surface area contributed by atoms with Crippen molar-refractivity contribution in [3.63, 3.8) is 0 Å². The molecule has 2 aromatic carbocycles.